The summed E-state index contributed by atoms with van der Waals surface area (Å²) in [6.45, 7) is 6.89. The molecule has 2 rings (SSSR count). The molecule has 1 aliphatic heterocycles. The van der Waals surface area contributed by atoms with E-state index in [1.54, 1.807) is 0 Å². The molecule has 4 nitrogen and oxygen atoms in total. The Hall–Kier alpha value is -1.42. The van der Waals surface area contributed by atoms with Crippen molar-refractivity contribution in [3.05, 3.63) is 23.2 Å². The zero-order valence-electron chi connectivity index (χ0n) is 12.1. The number of benzene rings is 1. The highest BCUT2D eigenvalue weighted by Crippen LogP contribution is 2.31. The first-order valence-corrected chi connectivity index (χ1v) is 7.53. The van der Waals surface area contributed by atoms with Crippen LogP contribution in [0, 0.1) is 5.92 Å². The SMILES string of the molecule is CC(C)CNC(=O)Nc1ccc(N2CCCC2)c(Cl)c1. The van der Waals surface area contributed by atoms with Gasteiger partial charge in [-0.3, -0.25) is 0 Å². The predicted molar refractivity (Wildman–Crippen MR) is 84.8 cm³/mol. The molecule has 110 valence electrons. The molecular weight excluding hydrogens is 274 g/mol. The number of anilines is 2. The molecule has 1 heterocycles. The molecule has 0 spiro atoms. The Morgan fingerprint density at radius 3 is 2.65 bits per heavy atom. The highest BCUT2D eigenvalue weighted by atomic mass is 35.5. The molecule has 5 heteroatoms. The van der Waals surface area contributed by atoms with Gasteiger partial charge in [0.25, 0.3) is 0 Å². The van der Waals surface area contributed by atoms with Crippen LogP contribution in [0.3, 0.4) is 0 Å². The number of hydrogen-bond donors (Lipinski definition) is 2. The molecule has 0 atom stereocenters. The molecule has 1 saturated heterocycles. The summed E-state index contributed by atoms with van der Waals surface area (Å²) in [4.78, 5) is 14.0. The van der Waals surface area contributed by atoms with Crippen molar-refractivity contribution in [2.45, 2.75) is 26.7 Å². The van der Waals surface area contributed by atoms with Gasteiger partial charge in [0.2, 0.25) is 0 Å². The number of rotatable bonds is 4. The summed E-state index contributed by atoms with van der Waals surface area (Å²) in [5, 5.41) is 6.31. The van der Waals surface area contributed by atoms with E-state index in [1.165, 1.54) is 12.8 Å². The van der Waals surface area contributed by atoms with Crippen LogP contribution in [0.1, 0.15) is 26.7 Å². The van der Waals surface area contributed by atoms with Crippen LogP contribution >= 0.6 is 11.6 Å². The first-order valence-electron chi connectivity index (χ1n) is 7.15. The molecule has 0 saturated carbocycles. The van der Waals surface area contributed by atoms with Crippen LogP contribution in [0.15, 0.2) is 18.2 Å². The second-order valence-corrected chi connectivity index (χ2v) is 6.00. The first kappa shape index (κ1) is 15.0. The van der Waals surface area contributed by atoms with Crippen molar-refractivity contribution in [1.82, 2.24) is 5.32 Å². The van der Waals surface area contributed by atoms with Crippen LogP contribution in [0.2, 0.25) is 5.02 Å². The Labute approximate surface area is 125 Å². The van der Waals surface area contributed by atoms with Crippen LogP contribution in [-0.2, 0) is 0 Å². The highest BCUT2D eigenvalue weighted by molar-refractivity contribution is 6.33. The van der Waals surface area contributed by atoms with Crippen LogP contribution in [0.4, 0.5) is 16.2 Å². The number of nitrogens with one attached hydrogen (secondary N) is 2. The van der Waals surface area contributed by atoms with Crippen molar-refractivity contribution in [2.24, 2.45) is 5.92 Å². The predicted octanol–water partition coefficient (Wildman–Crippen LogP) is 3.72. The van der Waals surface area contributed by atoms with Gasteiger partial charge >= 0.3 is 6.03 Å². The molecule has 2 N–H and O–H groups in total. The van der Waals surface area contributed by atoms with E-state index in [9.17, 15) is 4.79 Å². The van der Waals surface area contributed by atoms with E-state index in [0.717, 1.165) is 24.5 Å². The second kappa shape index (κ2) is 6.84. The summed E-state index contributed by atoms with van der Waals surface area (Å²) in [6.07, 6.45) is 2.43. The van der Waals surface area contributed by atoms with Crippen LogP contribution in [0.25, 0.3) is 0 Å². The lowest BCUT2D eigenvalue weighted by atomic mass is 10.2. The van der Waals surface area contributed by atoms with Crippen LogP contribution in [-0.4, -0.2) is 25.7 Å². The van der Waals surface area contributed by atoms with Crippen molar-refractivity contribution >= 4 is 29.0 Å². The van der Waals surface area contributed by atoms with E-state index in [2.05, 4.69) is 29.4 Å². The lowest BCUT2D eigenvalue weighted by Gasteiger charge is -2.19. The van der Waals surface area contributed by atoms with E-state index in [0.29, 0.717) is 17.5 Å². The molecule has 0 aliphatic carbocycles. The standard InChI is InChI=1S/C15H22ClN3O/c1-11(2)10-17-15(20)18-12-5-6-14(13(16)9-12)19-7-3-4-8-19/h5-6,9,11H,3-4,7-8,10H2,1-2H3,(H2,17,18,20). The van der Waals surface area contributed by atoms with Crippen molar-refractivity contribution < 1.29 is 4.79 Å². The summed E-state index contributed by atoms with van der Waals surface area (Å²) in [5.74, 6) is 0.432. The Morgan fingerprint density at radius 2 is 2.05 bits per heavy atom. The Morgan fingerprint density at radius 1 is 1.35 bits per heavy atom. The molecule has 1 aromatic rings. The Kier molecular flexibility index (Phi) is 5.12. The number of halogens is 1. The first-order chi connectivity index (χ1) is 9.56. The monoisotopic (exact) mass is 295 g/mol. The summed E-state index contributed by atoms with van der Waals surface area (Å²) in [5.41, 5.74) is 1.77. The molecule has 20 heavy (non-hydrogen) atoms. The van der Waals surface area contributed by atoms with Gasteiger partial charge in [-0.25, -0.2) is 4.79 Å². The van der Waals surface area contributed by atoms with Crippen molar-refractivity contribution in [1.29, 1.82) is 0 Å². The fourth-order valence-electron chi connectivity index (χ4n) is 2.27. The van der Waals surface area contributed by atoms with E-state index in [-0.39, 0.29) is 6.03 Å². The number of carbonyl (C=O) groups is 1. The number of nitrogens with zero attached hydrogens (tertiary/aromatic N) is 1. The maximum absolute atomic E-state index is 11.7. The molecule has 0 bridgehead atoms. The molecule has 1 aromatic carbocycles. The largest absolute Gasteiger partial charge is 0.370 e. The fraction of sp³-hybridized carbons (Fsp3) is 0.533. The maximum Gasteiger partial charge on any atom is 0.319 e. The summed E-state index contributed by atoms with van der Waals surface area (Å²) >= 11 is 6.31. The number of carbonyl (C=O) groups excluding carboxylic acids is 1. The van der Waals surface area contributed by atoms with E-state index in [1.807, 2.05) is 18.2 Å². The van der Waals surface area contributed by atoms with E-state index in [4.69, 9.17) is 11.6 Å². The van der Waals surface area contributed by atoms with Gasteiger partial charge in [-0.05, 0) is 37.0 Å². The van der Waals surface area contributed by atoms with E-state index >= 15 is 0 Å². The van der Waals surface area contributed by atoms with E-state index < -0.39 is 0 Å². The fourth-order valence-corrected chi connectivity index (χ4v) is 2.57. The van der Waals surface area contributed by atoms with Crippen LogP contribution in [0.5, 0.6) is 0 Å². The normalized spacial score (nSPS) is 14.7. The third-order valence-electron chi connectivity index (χ3n) is 3.32. The molecule has 2 amide bonds. The average Bonchev–Trinajstić information content (AvgIpc) is 2.90. The van der Waals surface area contributed by atoms with Gasteiger partial charge in [0.15, 0.2) is 0 Å². The number of urea groups is 1. The number of amides is 2. The van der Waals surface area contributed by atoms with Gasteiger partial charge in [-0.15, -0.1) is 0 Å². The molecule has 0 radical (unpaired) electrons. The van der Waals surface area contributed by atoms with Gasteiger partial charge < -0.3 is 15.5 Å². The minimum atomic E-state index is -0.191. The molecule has 0 aromatic heterocycles. The molecular formula is C15H22ClN3O. The Balaban J connectivity index is 1.96. The third-order valence-corrected chi connectivity index (χ3v) is 3.63. The van der Waals surface area contributed by atoms with Gasteiger partial charge in [0.1, 0.15) is 0 Å². The molecule has 0 unspecified atom stereocenters. The minimum Gasteiger partial charge on any atom is -0.370 e. The lowest BCUT2D eigenvalue weighted by Crippen LogP contribution is -2.31. The van der Waals surface area contributed by atoms with Gasteiger partial charge in [-0.1, -0.05) is 25.4 Å². The maximum atomic E-state index is 11.7. The minimum absolute atomic E-state index is 0.191. The average molecular weight is 296 g/mol. The number of hydrogen-bond acceptors (Lipinski definition) is 2. The molecule has 1 fully saturated rings. The highest BCUT2D eigenvalue weighted by Gasteiger charge is 2.15. The summed E-state index contributed by atoms with van der Waals surface area (Å²) in [6, 6.07) is 5.49. The van der Waals surface area contributed by atoms with Crippen molar-refractivity contribution in [2.75, 3.05) is 29.9 Å². The van der Waals surface area contributed by atoms with Crippen molar-refractivity contribution in [3.63, 3.8) is 0 Å². The topological polar surface area (TPSA) is 44.4 Å². The van der Waals surface area contributed by atoms with Crippen molar-refractivity contribution in [3.8, 4) is 0 Å². The van der Waals surface area contributed by atoms with Gasteiger partial charge in [0.05, 0.1) is 10.7 Å². The quantitative estimate of drug-likeness (QED) is 0.889. The summed E-state index contributed by atoms with van der Waals surface area (Å²) in [7, 11) is 0. The third kappa shape index (κ3) is 4.04. The van der Waals surface area contributed by atoms with Gasteiger partial charge in [-0.2, -0.15) is 0 Å². The smallest absolute Gasteiger partial charge is 0.319 e. The Bertz CT molecular complexity index is 470. The second-order valence-electron chi connectivity index (χ2n) is 5.59. The zero-order chi connectivity index (χ0) is 14.5. The summed E-state index contributed by atoms with van der Waals surface area (Å²) < 4.78 is 0. The molecule has 1 aliphatic rings. The van der Waals surface area contributed by atoms with Gasteiger partial charge in [0, 0.05) is 25.3 Å². The zero-order valence-corrected chi connectivity index (χ0v) is 12.8. The lowest BCUT2D eigenvalue weighted by molar-refractivity contribution is 0.251. The van der Waals surface area contributed by atoms with Crippen LogP contribution < -0.4 is 15.5 Å².